The van der Waals surface area contributed by atoms with E-state index in [-0.39, 0.29) is 17.2 Å². The van der Waals surface area contributed by atoms with Crippen molar-refractivity contribution in [2.75, 3.05) is 26.2 Å². The Labute approximate surface area is 160 Å². The molecule has 2 aromatic rings. The van der Waals surface area contributed by atoms with Gasteiger partial charge in [0, 0.05) is 37.6 Å². The second-order valence-corrected chi connectivity index (χ2v) is 8.36. The number of amides is 1. The number of aromatic nitrogens is 1. The summed E-state index contributed by atoms with van der Waals surface area (Å²) < 4.78 is 14.1. The van der Waals surface area contributed by atoms with E-state index < -0.39 is 0 Å². The number of fused-ring (bicyclic) bond motifs is 1. The van der Waals surface area contributed by atoms with E-state index in [0.29, 0.717) is 17.7 Å². The maximum Gasteiger partial charge on any atom is 0.272 e. The van der Waals surface area contributed by atoms with Crippen molar-refractivity contribution in [1.29, 1.82) is 0 Å². The topological polar surface area (TPSA) is 36.4 Å². The smallest absolute Gasteiger partial charge is 0.272 e. The van der Waals surface area contributed by atoms with Crippen molar-refractivity contribution in [3.8, 4) is 0 Å². The fourth-order valence-corrected chi connectivity index (χ4v) is 4.13. The molecule has 5 heteroatoms. The molecule has 0 N–H and O–H groups in total. The van der Waals surface area contributed by atoms with Crippen LogP contribution < -0.4 is 0 Å². The standard InChI is InChI=1S/C22H28FN3O/c1-15(2)20-14-26(12-4-11-25(20)13-16-7-8-16)22(27)19-10-9-17-5-3-6-18(23)21(17)24-19/h3,5-6,9-10,15-16,20H,4,7-8,11-14H2,1-2H3/t20-/m1/s1. The third kappa shape index (κ3) is 3.98. The lowest BCUT2D eigenvalue weighted by Gasteiger charge is -2.34. The summed E-state index contributed by atoms with van der Waals surface area (Å²) in [6.45, 7) is 8.14. The number of hydrogen-bond acceptors (Lipinski definition) is 3. The Morgan fingerprint density at radius 1 is 1.22 bits per heavy atom. The van der Waals surface area contributed by atoms with E-state index in [1.165, 1.54) is 18.9 Å². The Balaban J connectivity index is 1.56. The Morgan fingerprint density at radius 3 is 2.78 bits per heavy atom. The minimum atomic E-state index is -0.381. The number of pyridine rings is 1. The van der Waals surface area contributed by atoms with Crippen LogP contribution >= 0.6 is 0 Å². The first kappa shape index (κ1) is 18.4. The summed E-state index contributed by atoms with van der Waals surface area (Å²) in [6.07, 6.45) is 3.66. The Hall–Kier alpha value is -2.01. The molecule has 4 nitrogen and oxygen atoms in total. The maximum absolute atomic E-state index is 14.1. The van der Waals surface area contributed by atoms with E-state index in [0.717, 1.165) is 43.9 Å². The number of carbonyl (C=O) groups is 1. The lowest BCUT2D eigenvalue weighted by molar-refractivity contribution is 0.0699. The first-order valence-electron chi connectivity index (χ1n) is 10.1. The molecule has 1 amide bonds. The third-order valence-corrected chi connectivity index (χ3v) is 5.89. The molecule has 1 aromatic carbocycles. The van der Waals surface area contributed by atoms with Crippen molar-refractivity contribution >= 4 is 16.8 Å². The van der Waals surface area contributed by atoms with Gasteiger partial charge in [-0.15, -0.1) is 0 Å². The van der Waals surface area contributed by atoms with Crippen LogP contribution in [0.15, 0.2) is 30.3 Å². The van der Waals surface area contributed by atoms with E-state index in [9.17, 15) is 9.18 Å². The van der Waals surface area contributed by atoms with Gasteiger partial charge in [-0.2, -0.15) is 0 Å². The van der Waals surface area contributed by atoms with Gasteiger partial charge >= 0.3 is 0 Å². The summed E-state index contributed by atoms with van der Waals surface area (Å²) in [4.78, 5) is 22.0. The lowest BCUT2D eigenvalue weighted by atomic mass is 10.0. The average molecular weight is 369 g/mol. The van der Waals surface area contributed by atoms with Crippen LogP contribution in [0.4, 0.5) is 4.39 Å². The molecule has 0 radical (unpaired) electrons. The predicted molar refractivity (Wildman–Crippen MR) is 105 cm³/mol. The molecule has 2 heterocycles. The van der Waals surface area contributed by atoms with Crippen molar-refractivity contribution in [2.45, 2.75) is 39.2 Å². The Kier molecular flexibility index (Phi) is 5.13. The van der Waals surface area contributed by atoms with Gasteiger partial charge in [0.1, 0.15) is 17.0 Å². The van der Waals surface area contributed by atoms with Crippen LogP contribution in [0.1, 0.15) is 43.6 Å². The summed E-state index contributed by atoms with van der Waals surface area (Å²) >= 11 is 0. The highest BCUT2D eigenvalue weighted by Crippen LogP contribution is 2.32. The first-order valence-corrected chi connectivity index (χ1v) is 10.1. The minimum Gasteiger partial charge on any atom is -0.336 e. The number of hydrogen-bond donors (Lipinski definition) is 0. The largest absolute Gasteiger partial charge is 0.336 e. The van der Waals surface area contributed by atoms with E-state index in [1.807, 2.05) is 11.0 Å². The lowest BCUT2D eigenvalue weighted by Crippen LogP contribution is -2.46. The number of carbonyl (C=O) groups excluding carboxylic acids is 1. The minimum absolute atomic E-state index is 0.0842. The van der Waals surface area contributed by atoms with E-state index in [2.05, 4.69) is 23.7 Å². The van der Waals surface area contributed by atoms with E-state index >= 15 is 0 Å². The number of para-hydroxylation sites is 1. The highest BCUT2D eigenvalue weighted by Gasteiger charge is 2.33. The molecule has 2 aliphatic rings. The zero-order valence-electron chi connectivity index (χ0n) is 16.2. The first-order chi connectivity index (χ1) is 13.0. The van der Waals surface area contributed by atoms with Crippen LogP contribution in [0.5, 0.6) is 0 Å². The normalized spacial score (nSPS) is 21.6. The van der Waals surface area contributed by atoms with Gasteiger partial charge in [-0.3, -0.25) is 9.69 Å². The second kappa shape index (κ2) is 7.55. The van der Waals surface area contributed by atoms with E-state index in [1.54, 1.807) is 18.2 Å². The summed E-state index contributed by atoms with van der Waals surface area (Å²) in [5.41, 5.74) is 0.611. The SMILES string of the molecule is CC(C)[C@H]1CN(C(=O)c2ccc3cccc(F)c3n2)CCCN1CC1CC1. The molecule has 4 rings (SSSR count). The van der Waals surface area contributed by atoms with E-state index in [4.69, 9.17) is 0 Å². The molecule has 1 saturated heterocycles. The molecule has 1 aliphatic heterocycles. The molecule has 1 aromatic heterocycles. The number of halogens is 1. The molecule has 1 aliphatic carbocycles. The zero-order chi connectivity index (χ0) is 19.0. The van der Waals surface area contributed by atoms with Crippen molar-refractivity contribution in [1.82, 2.24) is 14.8 Å². The quantitative estimate of drug-likeness (QED) is 0.819. The summed E-state index contributed by atoms with van der Waals surface area (Å²) in [5, 5.41) is 0.720. The van der Waals surface area contributed by atoms with Crippen molar-refractivity contribution in [2.24, 2.45) is 11.8 Å². The van der Waals surface area contributed by atoms with Crippen LogP contribution in [-0.4, -0.2) is 52.9 Å². The highest BCUT2D eigenvalue weighted by molar-refractivity contribution is 5.95. The van der Waals surface area contributed by atoms with Gasteiger partial charge in [0.15, 0.2) is 0 Å². The molecule has 1 saturated carbocycles. The molecule has 144 valence electrons. The molecule has 2 fully saturated rings. The molecular formula is C22H28FN3O. The summed E-state index contributed by atoms with van der Waals surface area (Å²) in [6, 6.07) is 8.75. The fourth-order valence-electron chi connectivity index (χ4n) is 4.13. The van der Waals surface area contributed by atoms with Gasteiger partial charge in [0.2, 0.25) is 0 Å². The van der Waals surface area contributed by atoms with Crippen LogP contribution in [0.3, 0.4) is 0 Å². The molecule has 0 bridgehead atoms. The fraction of sp³-hybridized carbons (Fsp3) is 0.545. The van der Waals surface area contributed by atoms with Crippen molar-refractivity contribution in [3.63, 3.8) is 0 Å². The van der Waals surface area contributed by atoms with Gasteiger partial charge in [0.05, 0.1) is 0 Å². The molecular weight excluding hydrogens is 341 g/mol. The van der Waals surface area contributed by atoms with Gasteiger partial charge in [0.25, 0.3) is 5.91 Å². The van der Waals surface area contributed by atoms with Gasteiger partial charge in [-0.1, -0.05) is 32.0 Å². The number of rotatable bonds is 4. The van der Waals surface area contributed by atoms with Crippen LogP contribution in [0, 0.1) is 17.7 Å². The molecule has 27 heavy (non-hydrogen) atoms. The molecule has 0 spiro atoms. The van der Waals surface area contributed by atoms with Crippen molar-refractivity contribution < 1.29 is 9.18 Å². The monoisotopic (exact) mass is 369 g/mol. The zero-order valence-corrected chi connectivity index (χ0v) is 16.2. The van der Waals surface area contributed by atoms with Gasteiger partial charge < -0.3 is 4.90 Å². The van der Waals surface area contributed by atoms with Gasteiger partial charge in [-0.05, 0) is 43.2 Å². The van der Waals surface area contributed by atoms with Gasteiger partial charge in [-0.25, -0.2) is 9.37 Å². The Morgan fingerprint density at radius 2 is 2.04 bits per heavy atom. The summed E-state index contributed by atoms with van der Waals surface area (Å²) in [5.74, 6) is 0.866. The van der Waals surface area contributed by atoms with Crippen LogP contribution in [0.25, 0.3) is 10.9 Å². The number of nitrogens with zero attached hydrogens (tertiary/aromatic N) is 3. The second-order valence-electron chi connectivity index (χ2n) is 8.36. The maximum atomic E-state index is 14.1. The molecule has 1 atom stereocenters. The van der Waals surface area contributed by atoms with Crippen molar-refractivity contribution in [3.05, 3.63) is 41.8 Å². The summed E-state index contributed by atoms with van der Waals surface area (Å²) in [7, 11) is 0. The molecule has 0 unspecified atom stereocenters. The average Bonchev–Trinajstić information content (AvgIpc) is 3.48. The predicted octanol–water partition coefficient (Wildman–Crippen LogP) is 3.96. The number of benzene rings is 1. The third-order valence-electron chi connectivity index (χ3n) is 5.89. The Bertz CT molecular complexity index is 833. The van der Waals surface area contributed by atoms with Crippen LogP contribution in [0.2, 0.25) is 0 Å². The van der Waals surface area contributed by atoms with Crippen LogP contribution in [-0.2, 0) is 0 Å². The highest BCUT2D eigenvalue weighted by atomic mass is 19.1.